The molecule has 1 unspecified atom stereocenters. The van der Waals surface area contributed by atoms with Gasteiger partial charge in [0, 0.05) is 6.54 Å². The summed E-state index contributed by atoms with van der Waals surface area (Å²) in [4.78, 5) is 0. The Labute approximate surface area is 113 Å². The number of rotatable bonds is 4. The normalized spacial score (nSPS) is 12.6. The number of hydrogen-bond donors (Lipinski definition) is 2. The molecule has 0 amide bonds. The highest BCUT2D eigenvalue weighted by molar-refractivity contribution is 9.11. The summed E-state index contributed by atoms with van der Waals surface area (Å²) in [6, 6.07) is 1.01. The van der Waals surface area contributed by atoms with Crippen LogP contribution >= 0.6 is 43.5 Å². The topological polar surface area (TPSA) is 32.3 Å². The third-order valence-corrected chi connectivity index (χ3v) is 3.48. The molecule has 7 heteroatoms. The number of hydrogen-bond acceptors (Lipinski definition) is 2. The first-order chi connectivity index (χ1) is 7.47. The summed E-state index contributed by atoms with van der Waals surface area (Å²) < 4.78 is 26.8. The maximum absolute atomic E-state index is 13.4. The summed E-state index contributed by atoms with van der Waals surface area (Å²) in [5.74, 6) is -1.21. The first-order valence-corrected chi connectivity index (χ1v) is 6.40. The molecule has 1 aromatic carbocycles. The van der Waals surface area contributed by atoms with Crippen LogP contribution in [0.25, 0.3) is 0 Å². The van der Waals surface area contributed by atoms with Gasteiger partial charge in [0.2, 0.25) is 0 Å². The quantitative estimate of drug-likeness (QED) is 0.477. The molecular formula is C9H8Br2ClF2NO. The molecule has 0 aliphatic rings. The molecule has 0 saturated carbocycles. The van der Waals surface area contributed by atoms with E-state index in [1.807, 2.05) is 0 Å². The summed E-state index contributed by atoms with van der Waals surface area (Å²) in [6.45, 7) is 0.0418. The van der Waals surface area contributed by atoms with Crippen molar-refractivity contribution in [3.05, 3.63) is 26.6 Å². The molecule has 90 valence electrons. The summed E-state index contributed by atoms with van der Waals surface area (Å²) >= 11 is 11.2. The molecule has 0 spiro atoms. The van der Waals surface area contributed by atoms with E-state index < -0.39 is 17.7 Å². The molecule has 0 aromatic heterocycles. The van der Waals surface area contributed by atoms with E-state index in [4.69, 9.17) is 11.6 Å². The monoisotopic (exact) mass is 377 g/mol. The van der Waals surface area contributed by atoms with Crippen LogP contribution in [0.2, 0.25) is 0 Å². The van der Waals surface area contributed by atoms with Crippen molar-refractivity contribution < 1.29 is 13.9 Å². The van der Waals surface area contributed by atoms with Gasteiger partial charge in [0.1, 0.15) is 5.82 Å². The number of halogens is 5. The molecule has 16 heavy (non-hydrogen) atoms. The van der Waals surface area contributed by atoms with Gasteiger partial charge in [-0.2, -0.15) is 0 Å². The van der Waals surface area contributed by atoms with Crippen molar-refractivity contribution in [2.75, 3.05) is 17.7 Å². The molecule has 1 aromatic rings. The van der Waals surface area contributed by atoms with Gasteiger partial charge in [0.15, 0.2) is 5.82 Å². The predicted octanol–water partition coefficient (Wildman–Crippen LogP) is 3.50. The minimum atomic E-state index is -0.820. The molecule has 2 nitrogen and oxygen atoms in total. The van der Waals surface area contributed by atoms with Gasteiger partial charge in [0.25, 0.3) is 0 Å². The highest BCUT2D eigenvalue weighted by atomic mass is 79.9. The fourth-order valence-corrected chi connectivity index (χ4v) is 2.32. The smallest absolute Gasteiger partial charge is 0.153 e. The van der Waals surface area contributed by atoms with E-state index in [9.17, 15) is 13.9 Å². The second-order valence-electron chi connectivity index (χ2n) is 3.03. The van der Waals surface area contributed by atoms with Crippen LogP contribution in [0.3, 0.4) is 0 Å². The molecule has 1 atom stereocenters. The maximum Gasteiger partial charge on any atom is 0.153 e. The van der Waals surface area contributed by atoms with Crippen LogP contribution in [-0.4, -0.2) is 23.6 Å². The average molecular weight is 379 g/mol. The second-order valence-corrected chi connectivity index (χ2v) is 4.99. The first-order valence-electron chi connectivity index (χ1n) is 4.28. The lowest BCUT2D eigenvalue weighted by atomic mass is 10.3. The molecule has 0 bridgehead atoms. The molecule has 1 rings (SSSR count). The van der Waals surface area contributed by atoms with Crippen LogP contribution in [0.1, 0.15) is 0 Å². The standard InChI is InChI=1S/C9H8Br2ClF2NO/c10-5-1-6(13)9(7(11)8(5)14)15-3-4(16)2-12/h1,4,15-16H,2-3H2. The fourth-order valence-electron chi connectivity index (χ4n) is 1.00. The van der Waals surface area contributed by atoms with Gasteiger partial charge in [-0.3, -0.25) is 0 Å². The van der Waals surface area contributed by atoms with E-state index in [1.54, 1.807) is 0 Å². The Morgan fingerprint density at radius 1 is 1.44 bits per heavy atom. The SMILES string of the molecule is OC(CCl)CNc1c(F)cc(Br)c(F)c1Br. The lowest BCUT2D eigenvalue weighted by Crippen LogP contribution is -2.21. The number of benzene rings is 1. The van der Waals surface area contributed by atoms with Gasteiger partial charge in [-0.15, -0.1) is 11.6 Å². The van der Waals surface area contributed by atoms with E-state index in [-0.39, 0.29) is 27.1 Å². The average Bonchev–Trinajstić information content (AvgIpc) is 2.25. The Kier molecular flexibility index (Phi) is 5.43. The van der Waals surface area contributed by atoms with Crippen LogP contribution in [-0.2, 0) is 0 Å². The molecule has 0 radical (unpaired) electrons. The van der Waals surface area contributed by atoms with Crippen molar-refractivity contribution >= 4 is 49.1 Å². The third kappa shape index (κ3) is 3.29. The van der Waals surface area contributed by atoms with Gasteiger partial charge in [-0.25, -0.2) is 8.78 Å². The largest absolute Gasteiger partial charge is 0.390 e. The Bertz CT molecular complexity index is 392. The fraction of sp³-hybridized carbons (Fsp3) is 0.333. The molecule has 0 saturated heterocycles. The highest BCUT2D eigenvalue weighted by Crippen LogP contribution is 2.33. The van der Waals surface area contributed by atoms with Crippen molar-refractivity contribution in [1.29, 1.82) is 0 Å². The Balaban J connectivity index is 2.92. The minimum absolute atomic E-state index is 0.0191. The lowest BCUT2D eigenvalue weighted by Gasteiger charge is -2.13. The van der Waals surface area contributed by atoms with Gasteiger partial charge in [0.05, 0.1) is 26.6 Å². The lowest BCUT2D eigenvalue weighted by molar-refractivity contribution is 0.211. The molecule has 2 N–H and O–H groups in total. The molecule has 0 aliphatic heterocycles. The minimum Gasteiger partial charge on any atom is -0.390 e. The number of nitrogens with one attached hydrogen (secondary N) is 1. The second kappa shape index (κ2) is 6.14. The van der Waals surface area contributed by atoms with Crippen LogP contribution in [0, 0.1) is 11.6 Å². The zero-order chi connectivity index (χ0) is 12.3. The number of aliphatic hydroxyl groups is 1. The zero-order valence-electron chi connectivity index (χ0n) is 7.91. The van der Waals surface area contributed by atoms with Crippen LogP contribution < -0.4 is 5.32 Å². The van der Waals surface area contributed by atoms with E-state index in [1.165, 1.54) is 0 Å². The van der Waals surface area contributed by atoms with Gasteiger partial charge >= 0.3 is 0 Å². The first kappa shape index (κ1) is 14.2. The van der Waals surface area contributed by atoms with Crippen LogP contribution in [0.4, 0.5) is 14.5 Å². The summed E-state index contributed by atoms with van der Waals surface area (Å²) in [5.41, 5.74) is -0.0372. The number of anilines is 1. The van der Waals surface area contributed by atoms with Crippen molar-refractivity contribution in [2.45, 2.75) is 6.10 Å². The van der Waals surface area contributed by atoms with Crippen molar-refractivity contribution in [3.63, 3.8) is 0 Å². The highest BCUT2D eigenvalue weighted by Gasteiger charge is 2.16. The predicted molar refractivity (Wildman–Crippen MR) is 67.0 cm³/mol. The van der Waals surface area contributed by atoms with Gasteiger partial charge in [-0.05, 0) is 37.9 Å². The number of alkyl halides is 1. The zero-order valence-corrected chi connectivity index (χ0v) is 11.8. The Hall–Kier alpha value is 0.0900. The van der Waals surface area contributed by atoms with Gasteiger partial charge < -0.3 is 10.4 Å². The summed E-state index contributed by atoms with van der Waals surface area (Å²) in [6.07, 6.45) is -0.820. The van der Waals surface area contributed by atoms with Crippen molar-refractivity contribution in [3.8, 4) is 0 Å². The van der Waals surface area contributed by atoms with Crippen LogP contribution in [0.15, 0.2) is 15.0 Å². The number of aliphatic hydroxyl groups excluding tert-OH is 1. The molecule has 0 heterocycles. The summed E-state index contributed by atoms with van der Waals surface area (Å²) in [5, 5.41) is 11.8. The van der Waals surface area contributed by atoms with Crippen molar-refractivity contribution in [2.24, 2.45) is 0 Å². The molecule has 0 aliphatic carbocycles. The van der Waals surface area contributed by atoms with E-state index in [0.29, 0.717) is 0 Å². The third-order valence-electron chi connectivity index (χ3n) is 1.81. The van der Waals surface area contributed by atoms with Crippen molar-refractivity contribution in [1.82, 2.24) is 0 Å². The Morgan fingerprint density at radius 2 is 2.06 bits per heavy atom. The summed E-state index contributed by atoms with van der Waals surface area (Å²) in [7, 11) is 0. The van der Waals surface area contributed by atoms with E-state index in [2.05, 4.69) is 37.2 Å². The molecular weight excluding hydrogens is 371 g/mol. The molecule has 0 fully saturated rings. The van der Waals surface area contributed by atoms with Crippen LogP contribution in [0.5, 0.6) is 0 Å². The van der Waals surface area contributed by atoms with Gasteiger partial charge in [-0.1, -0.05) is 0 Å². The maximum atomic E-state index is 13.4. The van der Waals surface area contributed by atoms with E-state index >= 15 is 0 Å². The Morgan fingerprint density at radius 3 is 2.62 bits per heavy atom. The van der Waals surface area contributed by atoms with E-state index in [0.717, 1.165) is 6.07 Å².